The summed E-state index contributed by atoms with van der Waals surface area (Å²) in [6, 6.07) is 6.94. The molecule has 1 aliphatic heterocycles. The Morgan fingerprint density at radius 1 is 0.886 bits per heavy atom. The third-order valence-corrected chi connectivity index (χ3v) is 5.45. The van der Waals surface area contributed by atoms with E-state index in [1.807, 2.05) is 18.2 Å². The zero-order valence-corrected chi connectivity index (χ0v) is 19.6. The van der Waals surface area contributed by atoms with E-state index in [-0.39, 0.29) is 11.5 Å². The number of benzene rings is 2. The van der Waals surface area contributed by atoms with Crippen LogP contribution in [0.4, 0.5) is 26.1 Å². The van der Waals surface area contributed by atoms with Crippen LogP contribution in [0.3, 0.4) is 0 Å². The van der Waals surface area contributed by atoms with E-state index >= 15 is 0 Å². The van der Waals surface area contributed by atoms with Gasteiger partial charge < -0.3 is 29.7 Å². The summed E-state index contributed by atoms with van der Waals surface area (Å²) in [5.41, 5.74) is 1.70. The molecule has 8 nitrogen and oxygen atoms in total. The molecule has 2 N–H and O–H groups in total. The van der Waals surface area contributed by atoms with Crippen molar-refractivity contribution in [2.24, 2.45) is 0 Å². The Labute approximate surface area is 202 Å². The van der Waals surface area contributed by atoms with Crippen molar-refractivity contribution >= 4 is 17.3 Å². The molecule has 4 rings (SSSR count). The zero-order valence-electron chi connectivity index (χ0n) is 19.6. The number of methoxy groups -OCH3 is 3. The average molecular weight is 482 g/mol. The summed E-state index contributed by atoms with van der Waals surface area (Å²) in [5.74, 6) is 4.10. The second-order valence-corrected chi connectivity index (χ2v) is 7.58. The molecule has 1 saturated heterocycles. The lowest BCUT2D eigenvalue weighted by atomic mass is 10.1. The van der Waals surface area contributed by atoms with Crippen LogP contribution in [-0.4, -0.2) is 57.5 Å². The maximum atomic E-state index is 14.5. The Morgan fingerprint density at radius 3 is 2.11 bits per heavy atom. The molecule has 0 atom stereocenters. The molecule has 35 heavy (non-hydrogen) atoms. The number of aromatic nitrogens is 2. The zero-order chi connectivity index (χ0) is 24.8. The number of hydrogen-bond donors (Lipinski definition) is 2. The first-order valence-corrected chi connectivity index (χ1v) is 10.9. The number of piperazine rings is 1. The first-order chi connectivity index (χ1) is 17.0. The van der Waals surface area contributed by atoms with Crippen LogP contribution in [0.2, 0.25) is 0 Å². The summed E-state index contributed by atoms with van der Waals surface area (Å²) in [6.07, 6.45) is 2.92. The average Bonchev–Trinajstić information content (AvgIpc) is 2.90. The van der Waals surface area contributed by atoms with Crippen molar-refractivity contribution in [1.82, 2.24) is 15.3 Å². The number of halogens is 2. The predicted molar refractivity (Wildman–Crippen MR) is 129 cm³/mol. The van der Waals surface area contributed by atoms with Gasteiger partial charge in [-0.05, 0) is 12.1 Å². The smallest absolute Gasteiger partial charge is 0.227 e. The van der Waals surface area contributed by atoms with Crippen molar-refractivity contribution in [2.45, 2.75) is 0 Å². The second-order valence-electron chi connectivity index (χ2n) is 7.58. The molecule has 0 radical (unpaired) electrons. The van der Waals surface area contributed by atoms with Crippen LogP contribution < -0.4 is 29.7 Å². The van der Waals surface area contributed by atoms with Crippen LogP contribution in [-0.2, 0) is 0 Å². The van der Waals surface area contributed by atoms with Crippen molar-refractivity contribution in [3.8, 4) is 29.1 Å². The molecule has 0 spiro atoms. The number of anilines is 3. The SMILES string of the molecule is COc1cc(Nc2ncc(C#Cc3c(F)c(OC)cc(OC)c3F)cn2)ccc1N1CCNCC1. The number of ether oxygens (including phenoxy) is 3. The van der Waals surface area contributed by atoms with Gasteiger partial charge in [-0.1, -0.05) is 11.8 Å². The van der Waals surface area contributed by atoms with Gasteiger partial charge in [0.15, 0.2) is 23.1 Å². The highest BCUT2D eigenvalue weighted by Crippen LogP contribution is 2.32. The normalized spacial score (nSPS) is 13.0. The molecule has 2 heterocycles. The number of rotatable bonds is 6. The van der Waals surface area contributed by atoms with Gasteiger partial charge in [0.1, 0.15) is 11.3 Å². The van der Waals surface area contributed by atoms with Gasteiger partial charge in [0, 0.05) is 56.4 Å². The quantitative estimate of drug-likeness (QED) is 0.519. The fourth-order valence-electron chi connectivity index (χ4n) is 3.64. The highest BCUT2D eigenvalue weighted by atomic mass is 19.1. The second kappa shape index (κ2) is 10.9. The maximum absolute atomic E-state index is 14.5. The third-order valence-electron chi connectivity index (χ3n) is 5.45. The molecule has 10 heteroatoms. The van der Waals surface area contributed by atoms with E-state index < -0.39 is 17.2 Å². The Bertz CT molecular complexity index is 1220. The molecule has 0 unspecified atom stereocenters. The predicted octanol–water partition coefficient (Wildman–Crippen LogP) is 3.33. The molecule has 1 aliphatic rings. The highest BCUT2D eigenvalue weighted by Gasteiger charge is 2.19. The van der Waals surface area contributed by atoms with Gasteiger partial charge in [-0.2, -0.15) is 0 Å². The minimum atomic E-state index is -0.907. The molecule has 0 amide bonds. The standard InChI is InChI=1S/C25H25F2N5O3/c1-33-20-12-17(5-7-19(20)32-10-8-28-9-11-32)31-25-29-14-16(15-30-25)4-6-18-23(26)21(34-2)13-22(35-3)24(18)27/h5,7,12-15,28H,8-11H2,1-3H3,(H,29,30,31). The van der Waals surface area contributed by atoms with Gasteiger partial charge in [0.25, 0.3) is 0 Å². The monoisotopic (exact) mass is 481 g/mol. The van der Waals surface area contributed by atoms with E-state index in [4.69, 9.17) is 14.2 Å². The van der Waals surface area contributed by atoms with Gasteiger partial charge in [-0.15, -0.1) is 0 Å². The van der Waals surface area contributed by atoms with E-state index in [9.17, 15) is 8.78 Å². The molecule has 1 fully saturated rings. The molecule has 0 aliphatic carbocycles. The Morgan fingerprint density at radius 2 is 1.51 bits per heavy atom. The van der Waals surface area contributed by atoms with Crippen LogP contribution in [0.1, 0.15) is 11.1 Å². The van der Waals surface area contributed by atoms with Crippen LogP contribution in [0.25, 0.3) is 0 Å². The number of nitrogens with one attached hydrogen (secondary N) is 2. The molecular formula is C25H25F2N5O3. The molecule has 3 aromatic rings. The van der Waals surface area contributed by atoms with E-state index in [1.165, 1.54) is 26.6 Å². The molecule has 0 bridgehead atoms. The lowest BCUT2D eigenvalue weighted by molar-refractivity contribution is 0.357. The summed E-state index contributed by atoms with van der Waals surface area (Å²) >= 11 is 0. The van der Waals surface area contributed by atoms with Crippen molar-refractivity contribution in [3.05, 3.63) is 59.4 Å². The fourth-order valence-corrected chi connectivity index (χ4v) is 3.64. The summed E-state index contributed by atoms with van der Waals surface area (Å²) in [6.45, 7) is 3.67. The van der Waals surface area contributed by atoms with Crippen LogP contribution in [0, 0.1) is 23.5 Å². The van der Waals surface area contributed by atoms with Crippen LogP contribution in [0.5, 0.6) is 17.2 Å². The van der Waals surface area contributed by atoms with Gasteiger partial charge in [0.2, 0.25) is 5.95 Å². The first-order valence-electron chi connectivity index (χ1n) is 10.9. The summed E-state index contributed by atoms with van der Waals surface area (Å²) in [7, 11) is 4.19. The van der Waals surface area contributed by atoms with Crippen molar-refractivity contribution in [1.29, 1.82) is 0 Å². The van der Waals surface area contributed by atoms with Crippen molar-refractivity contribution < 1.29 is 23.0 Å². The molecule has 0 saturated carbocycles. The van der Waals surface area contributed by atoms with E-state index in [2.05, 4.69) is 37.3 Å². The Balaban J connectivity index is 1.51. The number of nitrogens with zero attached hydrogens (tertiary/aromatic N) is 3. The fraction of sp³-hybridized carbons (Fsp3) is 0.280. The van der Waals surface area contributed by atoms with Gasteiger partial charge in [0.05, 0.1) is 32.6 Å². The maximum Gasteiger partial charge on any atom is 0.227 e. The first kappa shape index (κ1) is 24.0. The van der Waals surface area contributed by atoms with Gasteiger partial charge in [-0.25, -0.2) is 18.7 Å². The summed E-state index contributed by atoms with van der Waals surface area (Å²) < 4.78 is 44.4. The lowest BCUT2D eigenvalue weighted by Crippen LogP contribution is -2.43. The summed E-state index contributed by atoms with van der Waals surface area (Å²) in [4.78, 5) is 10.8. The van der Waals surface area contributed by atoms with Crippen LogP contribution in [0.15, 0.2) is 36.7 Å². The van der Waals surface area contributed by atoms with Crippen LogP contribution >= 0.6 is 0 Å². The molecule has 182 valence electrons. The highest BCUT2D eigenvalue weighted by molar-refractivity contribution is 5.67. The molecule has 2 aromatic carbocycles. The van der Waals surface area contributed by atoms with Crippen molar-refractivity contribution in [3.63, 3.8) is 0 Å². The number of hydrogen-bond acceptors (Lipinski definition) is 8. The summed E-state index contributed by atoms with van der Waals surface area (Å²) in [5, 5.41) is 6.46. The minimum absolute atomic E-state index is 0.165. The Kier molecular flexibility index (Phi) is 7.48. The minimum Gasteiger partial charge on any atom is -0.495 e. The molecular weight excluding hydrogens is 456 g/mol. The largest absolute Gasteiger partial charge is 0.495 e. The van der Waals surface area contributed by atoms with Crippen molar-refractivity contribution in [2.75, 3.05) is 57.7 Å². The Hall–Kier alpha value is -4.10. The van der Waals surface area contributed by atoms with E-state index in [0.717, 1.165) is 49.4 Å². The van der Waals surface area contributed by atoms with Gasteiger partial charge >= 0.3 is 0 Å². The molecule has 1 aromatic heterocycles. The lowest BCUT2D eigenvalue weighted by Gasteiger charge is -2.30. The topological polar surface area (TPSA) is 80.8 Å². The van der Waals surface area contributed by atoms with E-state index in [0.29, 0.717) is 11.5 Å². The van der Waals surface area contributed by atoms with E-state index in [1.54, 1.807) is 7.11 Å². The third kappa shape index (κ3) is 5.36. The van der Waals surface area contributed by atoms with Gasteiger partial charge in [-0.3, -0.25) is 0 Å².